The fourth-order valence-electron chi connectivity index (χ4n) is 3.15. The Morgan fingerprint density at radius 2 is 1.96 bits per heavy atom. The number of fused-ring (bicyclic) bond motifs is 2. The molecule has 0 radical (unpaired) electrons. The summed E-state index contributed by atoms with van der Waals surface area (Å²) >= 11 is 1.37. The van der Waals surface area contributed by atoms with Crippen molar-refractivity contribution in [3.8, 4) is 11.5 Å². The zero-order chi connectivity index (χ0) is 19.0. The number of rotatable bonds is 3. The maximum atomic E-state index is 12.8. The van der Waals surface area contributed by atoms with E-state index in [4.69, 9.17) is 14.5 Å². The van der Waals surface area contributed by atoms with Crippen molar-refractivity contribution < 1.29 is 14.3 Å². The number of nitrogens with one attached hydrogen (secondary N) is 1. The number of hydrogen-bond acceptors (Lipinski definition) is 7. The highest BCUT2D eigenvalue weighted by Gasteiger charge is 2.35. The number of para-hydroxylation sites is 1. The van der Waals surface area contributed by atoms with Crippen molar-refractivity contribution in [3.05, 3.63) is 58.6 Å². The Hall–Kier alpha value is -3.00. The van der Waals surface area contributed by atoms with E-state index in [0.717, 1.165) is 16.1 Å². The van der Waals surface area contributed by atoms with Gasteiger partial charge in [0.25, 0.3) is 5.91 Å². The molecule has 2 aliphatic heterocycles. The van der Waals surface area contributed by atoms with Gasteiger partial charge in [0.1, 0.15) is 17.2 Å². The summed E-state index contributed by atoms with van der Waals surface area (Å²) in [6, 6.07) is 13.1. The molecule has 0 bridgehead atoms. The van der Waals surface area contributed by atoms with Gasteiger partial charge in [-0.1, -0.05) is 30.0 Å². The number of carbonyl (C=O) groups is 1. The number of ether oxygens (including phenoxy) is 2. The van der Waals surface area contributed by atoms with Crippen LogP contribution < -0.4 is 25.4 Å². The first-order valence-corrected chi connectivity index (χ1v) is 9.51. The van der Waals surface area contributed by atoms with Gasteiger partial charge in [-0.05, 0) is 24.5 Å². The minimum atomic E-state index is -0.524. The van der Waals surface area contributed by atoms with Crippen LogP contribution in [-0.4, -0.2) is 36.6 Å². The maximum absolute atomic E-state index is 12.8. The number of carbonyl (C=O) groups excluding carboxylic acids is 1. The van der Waals surface area contributed by atoms with Gasteiger partial charge >= 0.3 is 0 Å². The van der Waals surface area contributed by atoms with Crippen molar-refractivity contribution in [2.24, 2.45) is 10.1 Å². The van der Waals surface area contributed by atoms with Crippen LogP contribution in [0.2, 0.25) is 0 Å². The molecule has 27 heavy (non-hydrogen) atoms. The molecular formula is C19H18N4O3S. The van der Waals surface area contributed by atoms with Crippen LogP contribution in [0, 0.1) is 0 Å². The first kappa shape index (κ1) is 17.4. The molecule has 0 unspecified atom stereocenters. The Bertz CT molecular complexity index is 1070. The second-order valence-electron chi connectivity index (χ2n) is 5.88. The summed E-state index contributed by atoms with van der Waals surface area (Å²) < 4.78 is 10.8. The largest absolute Gasteiger partial charge is 0.497 e. The molecule has 7 nitrogen and oxygen atoms in total. The Labute approximate surface area is 160 Å². The van der Waals surface area contributed by atoms with Crippen LogP contribution in [0.15, 0.2) is 52.6 Å². The summed E-state index contributed by atoms with van der Waals surface area (Å²) in [5.74, 6) is 1.10. The summed E-state index contributed by atoms with van der Waals surface area (Å²) in [5, 5.41) is 11.1. The van der Waals surface area contributed by atoms with E-state index in [1.165, 1.54) is 11.8 Å². The van der Waals surface area contributed by atoms with Crippen LogP contribution >= 0.6 is 11.8 Å². The molecule has 0 aromatic heterocycles. The summed E-state index contributed by atoms with van der Waals surface area (Å²) in [5.41, 5.74) is 1.27. The van der Waals surface area contributed by atoms with Crippen LogP contribution in [0.25, 0.3) is 5.70 Å². The fraction of sp³-hybridized carbons (Fsp3) is 0.211. The zero-order valence-electron chi connectivity index (χ0n) is 15.1. The van der Waals surface area contributed by atoms with Crippen LogP contribution in [0.3, 0.4) is 0 Å². The Morgan fingerprint density at radius 1 is 1.15 bits per heavy atom. The van der Waals surface area contributed by atoms with Gasteiger partial charge in [-0.15, -0.1) is 5.10 Å². The summed E-state index contributed by atoms with van der Waals surface area (Å²) in [6.07, 6.45) is 1.34. The van der Waals surface area contributed by atoms with Gasteiger partial charge in [-0.2, -0.15) is 0 Å². The van der Waals surface area contributed by atoms with Crippen molar-refractivity contribution in [2.45, 2.75) is 6.17 Å². The molecule has 8 heteroatoms. The number of amidine groups is 1. The summed E-state index contributed by atoms with van der Waals surface area (Å²) in [7, 11) is 3.20. The van der Waals surface area contributed by atoms with Crippen molar-refractivity contribution in [3.63, 3.8) is 0 Å². The SMILES string of the molecule is COc1ccc([C@@H]2N=c3ccccc3=C3C(=O)NC(SC)=NN32)c(OC)c1. The predicted octanol–water partition coefficient (Wildman–Crippen LogP) is 1.21. The van der Waals surface area contributed by atoms with Crippen molar-refractivity contribution >= 4 is 28.5 Å². The lowest BCUT2D eigenvalue weighted by atomic mass is 10.1. The summed E-state index contributed by atoms with van der Waals surface area (Å²) in [6.45, 7) is 0. The maximum Gasteiger partial charge on any atom is 0.276 e. The molecule has 1 amide bonds. The third kappa shape index (κ3) is 2.91. The van der Waals surface area contributed by atoms with Crippen molar-refractivity contribution in [1.82, 2.24) is 10.3 Å². The number of thioether (sulfide) groups is 1. The number of hydrazone groups is 1. The molecule has 2 aromatic carbocycles. The molecular weight excluding hydrogens is 364 g/mol. The molecule has 138 valence electrons. The first-order chi connectivity index (χ1) is 13.2. The van der Waals surface area contributed by atoms with Gasteiger partial charge in [-0.3, -0.25) is 15.1 Å². The van der Waals surface area contributed by atoms with Crippen LogP contribution in [0.1, 0.15) is 11.7 Å². The van der Waals surface area contributed by atoms with Crippen molar-refractivity contribution in [1.29, 1.82) is 0 Å². The van der Waals surface area contributed by atoms with E-state index in [2.05, 4.69) is 10.4 Å². The molecule has 2 aliphatic rings. The van der Waals surface area contributed by atoms with Gasteiger partial charge in [-0.25, -0.2) is 5.01 Å². The number of hydrogen-bond donors (Lipinski definition) is 1. The van der Waals surface area contributed by atoms with Crippen LogP contribution in [-0.2, 0) is 4.79 Å². The van der Waals surface area contributed by atoms with E-state index in [1.54, 1.807) is 25.3 Å². The molecule has 1 N–H and O–H groups in total. The third-order valence-corrected chi connectivity index (χ3v) is 5.00. The predicted molar refractivity (Wildman–Crippen MR) is 104 cm³/mol. The lowest BCUT2D eigenvalue weighted by Gasteiger charge is -2.34. The number of nitrogens with zero attached hydrogens (tertiary/aromatic N) is 3. The molecule has 0 saturated heterocycles. The number of amides is 1. The van der Waals surface area contributed by atoms with E-state index in [9.17, 15) is 4.79 Å². The molecule has 1 atom stereocenters. The average molecular weight is 382 g/mol. The molecule has 0 spiro atoms. The Morgan fingerprint density at radius 3 is 2.70 bits per heavy atom. The van der Waals surface area contributed by atoms with Gasteiger partial charge in [0, 0.05) is 16.8 Å². The van der Waals surface area contributed by atoms with Crippen LogP contribution in [0.4, 0.5) is 0 Å². The Kier molecular flexibility index (Phi) is 4.49. The standard InChI is InChI=1S/C19H18N4O3S/c1-25-11-8-9-13(15(10-11)26-2)17-20-14-7-5-4-6-12(14)16-18(24)21-19(27-3)22-23(16)17/h4-10,17H,1-3H3,(H,21,22,24)/t17-/m1/s1. The highest BCUT2D eigenvalue weighted by atomic mass is 32.2. The molecule has 2 heterocycles. The Balaban J connectivity index is 1.97. The van der Waals surface area contributed by atoms with E-state index in [-0.39, 0.29) is 5.91 Å². The quantitative estimate of drug-likeness (QED) is 0.864. The highest BCUT2D eigenvalue weighted by molar-refractivity contribution is 8.13. The second-order valence-corrected chi connectivity index (χ2v) is 6.68. The van der Waals surface area contributed by atoms with E-state index in [1.807, 2.05) is 42.7 Å². The van der Waals surface area contributed by atoms with E-state index < -0.39 is 6.17 Å². The van der Waals surface area contributed by atoms with Crippen LogP contribution in [0.5, 0.6) is 11.5 Å². The minimum absolute atomic E-state index is 0.200. The topological polar surface area (TPSA) is 75.5 Å². The smallest absolute Gasteiger partial charge is 0.276 e. The minimum Gasteiger partial charge on any atom is -0.497 e. The highest BCUT2D eigenvalue weighted by Crippen LogP contribution is 2.37. The lowest BCUT2D eigenvalue weighted by molar-refractivity contribution is -0.116. The van der Waals surface area contributed by atoms with Gasteiger partial charge in [0.15, 0.2) is 11.3 Å². The monoisotopic (exact) mass is 382 g/mol. The number of methoxy groups -OCH3 is 2. The van der Waals surface area contributed by atoms with Gasteiger partial charge in [0.05, 0.1) is 19.6 Å². The first-order valence-electron chi connectivity index (χ1n) is 8.28. The van der Waals surface area contributed by atoms with Gasteiger partial charge in [0.2, 0.25) is 0 Å². The third-order valence-electron chi connectivity index (χ3n) is 4.43. The fourth-order valence-corrected chi connectivity index (χ4v) is 3.52. The van der Waals surface area contributed by atoms with E-state index >= 15 is 0 Å². The molecule has 0 aliphatic carbocycles. The van der Waals surface area contributed by atoms with Gasteiger partial charge < -0.3 is 9.47 Å². The summed E-state index contributed by atoms with van der Waals surface area (Å²) in [4.78, 5) is 17.7. The molecule has 0 saturated carbocycles. The second kappa shape index (κ2) is 6.96. The lowest BCUT2D eigenvalue weighted by Crippen LogP contribution is -2.50. The molecule has 0 fully saturated rings. The van der Waals surface area contributed by atoms with Crippen molar-refractivity contribution in [2.75, 3.05) is 20.5 Å². The average Bonchev–Trinajstić information content (AvgIpc) is 2.72. The zero-order valence-corrected chi connectivity index (χ0v) is 15.9. The molecule has 2 aromatic rings. The van der Waals surface area contributed by atoms with E-state index in [0.29, 0.717) is 22.4 Å². The number of benzene rings is 2. The molecule has 4 rings (SSSR count). The normalized spacial score (nSPS) is 18.0.